The number of nitrogen functional groups attached to an aromatic ring is 2. The van der Waals surface area contributed by atoms with Crippen molar-refractivity contribution >= 4 is 23.4 Å². The van der Waals surface area contributed by atoms with Gasteiger partial charge in [-0.15, -0.1) is 10.2 Å². The molecule has 0 saturated heterocycles. The fourth-order valence-electron chi connectivity index (χ4n) is 1.90. The molecular formula is C15H21N5O2S. The predicted molar refractivity (Wildman–Crippen MR) is 89.7 cm³/mol. The lowest BCUT2D eigenvalue weighted by atomic mass is 10.2. The number of anilines is 1. The van der Waals surface area contributed by atoms with Gasteiger partial charge in [0, 0.05) is 17.0 Å². The average Bonchev–Trinajstić information content (AvgIpc) is 2.89. The predicted octanol–water partition coefficient (Wildman–Crippen LogP) is 2.24. The third kappa shape index (κ3) is 4.16. The number of hydrogen-bond acceptors (Lipinski definition) is 7. The molecule has 0 aliphatic heterocycles. The Labute approximate surface area is 139 Å². The van der Waals surface area contributed by atoms with Gasteiger partial charge in [0.2, 0.25) is 5.16 Å². The maximum Gasteiger partial charge on any atom is 0.339 e. The van der Waals surface area contributed by atoms with Gasteiger partial charge in [-0.25, -0.2) is 9.47 Å². The summed E-state index contributed by atoms with van der Waals surface area (Å²) in [7, 11) is 0. The van der Waals surface area contributed by atoms with Crippen molar-refractivity contribution in [2.45, 2.75) is 43.2 Å². The molecule has 0 atom stereocenters. The molecule has 1 aromatic heterocycles. The van der Waals surface area contributed by atoms with E-state index in [9.17, 15) is 4.79 Å². The lowest BCUT2D eigenvalue weighted by Gasteiger charge is -2.10. The number of unbranched alkanes of at least 4 members (excludes halogenated alkanes) is 1. The molecule has 8 heteroatoms. The van der Waals surface area contributed by atoms with Crippen LogP contribution in [0.2, 0.25) is 0 Å². The van der Waals surface area contributed by atoms with Gasteiger partial charge in [0.05, 0.1) is 12.2 Å². The Hall–Kier alpha value is -2.22. The topological polar surface area (TPSA) is 109 Å². The first-order valence-corrected chi connectivity index (χ1v) is 8.32. The van der Waals surface area contributed by atoms with Crippen LogP contribution >= 0.6 is 11.8 Å². The molecule has 0 aliphatic carbocycles. The van der Waals surface area contributed by atoms with Crippen molar-refractivity contribution in [1.29, 1.82) is 0 Å². The minimum absolute atomic E-state index is 0.390. The lowest BCUT2D eigenvalue weighted by Crippen LogP contribution is -2.13. The fourth-order valence-corrected chi connectivity index (χ4v) is 2.77. The van der Waals surface area contributed by atoms with E-state index < -0.39 is 5.97 Å². The number of benzene rings is 1. The molecule has 124 valence electrons. The molecule has 1 aromatic carbocycles. The third-order valence-electron chi connectivity index (χ3n) is 3.21. The van der Waals surface area contributed by atoms with Gasteiger partial charge in [-0.3, -0.25) is 0 Å². The summed E-state index contributed by atoms with van der Waals surface area (Å²) in [5.74, 6) is 6.23. The van der Waals surface area contributed by atoms with Gasteiger partial charge < -0.3 is 16.3 Å². The van der Waals surface area contributed by atoms with Crippen molar-refractivity contribution in [1.82, 2.24) is 14.9 Å². The Balaban J connectivity index is 2.24. The lowest BCUT2D eigenvalue weighted by molar-refractivity contribution is 0.0495. The van der Waals surface area contributed by atoms with Gasteiger partial charge in [0.15, 0.2) is 5.82 Å². The molecular weight excluding hydrogens is 314 g/mol. The van der Waals surface area contributed by atoms with E-state index >= 15 is 0 Å². The molecule has 0 bridgehead atoms. The monoisotopic (exact) mass is 335 g/mol. The third-order valence-corrected chi connectivity index (χ3v) is 4.24. The van der Waals surface area contributed by atoms with Gasteiger partial charge in [-0.1, -0.05) is 20.3 Å². The summed E-state index contributed by atoms with van der Waals surface area (Å²) in [5, 5.41) is 8.57. The Morgan fingerprint density at radius 3 is 2.78 bits per heavy atom. The summed E-state index contributed by atoms with van der Waals surface area (Å²) >= 11 is 1.26. The number of esters is 1. The largest absolute Gasteiger partial charge is 0.462 e. The summed E-state index contributed by atoms with van der Waals surface area (Å²) in [5.41, 5.74) is 6.70. The standard InChI is InChI=1S/C15H21N5O2S/c1-3-5-8-22-14(21)11-9-10(16)6-7-12(11)23-15-19-18-13(4-2)20(15)17/h6-7,9H,3-5,8,16-17H2,1-2H3. The molecule has 4 N–H and O–H groups in total. The molecule has 23 heavy (non-hydrogen) atoms. The quantitative estimate of drug-likeness (QED) is 0.345. The molecule has 0 fully saturated rings. The van der Waals surface area contributed by atoms with Crippen LogP contribution in [0.4, 0.5) is 5.69 Å². The molecule has 0 amide bonds. The van der Waals surface area contributed by atoms with E-state index in [1.807, 2.05) is 13.8 Å². The minimum Gasteiger partial charge on any atom is -0.462 e. The van der Waals surface area contributed by atoms with Crippen molar-refractivity contribution in [3.05, 3.63) is 29.6 Å². The van der Waals surface area contributed by atoms with Crippen molar-refractivity contribution in [3.63, 3.8) is 0 Å². The van der Waals surface area contributed by atoms with Crippen LogP contribution in [0.5, 0.6) is 0 Å². The molecule has 0 aliphatic rings. The van der Waals surface area contributed by atoms with Crippen molar-refractivity contribution in [2.24, 2.45) is 0 Å². The van der Waals surface area contributed by atoms with Crippen molar-refractivity contribution in [3.8, 4) is 0 Å². The van der Waals surface area contributed by atoms with Gasteiger partial charge in [-0.2, -0.15) is 0 Å². The summed E-state index contributed by atoms with van der Waals surface area (Å²) in [6.45, 7) is 4.37. The van der Waals surface area contributed by atoms with Crippen molar-refractivity contribution < 1.29 is 9.53 Å². The second-order valence-electron chi connectivity index (χ2n) is 4.97. The van der Waals surface area contributed by atoms with E-state index in [2.05, 4.69) is 10.2 Å². The minimum atomic E-state index is -0.396. The highest BCUT2D eigenvalue weighted by molar-refractivity contribution is 7.99. The highest BCUT2D eigenvalue weighted by Gasteiger charge is 2.17. The molecule has 2 aromatic rings. The van der Waals surface area contributed by atoms with Crippen LogP contribution in [0, 0.1) is 0 Å². The molecule has 0 radical (unpaired) electrons. The molecule has 1 heterocycles. The normalized spacial score (nSPS) is 10.7. The second kappa shape index (κ2) is 7.87. The molecule has 0 unspecified atom stereocenters. The maximum atomic E-state index is 12.3. The van der Waals surface area contributed by atoms with E-state index in [-0.39, 0.29) is 0 Å². The Kier molecular flexibility index (Phi) is 5.86. The number of hydrogen-bond donors (Lipinski definition) is 2. The molecule has 0 saturated carbocycles. The first kappa shape index (κ1) is 17.1. The fraction of sp³-hybridized carbons (Fsp3) is 0.400. The smallest absolute Gasteiger partial charge is 0.339 e. The number of carbonyl (C=O) groups is 1. The summed E-state index contributed by atoms with van der Waals surface area (Å²) in [6.07, 6.45) is 2.47. The Morgan fingerprint density at radius 2 is 2.13 bits per heavy atom. The zero-order valence-electron chi connectivity index (χ0n) is 13.3. The van der Waals surface area contributed by atoms with Gasteiger partial charge >= 0.3 is 5.97 Å². The van der Waals surface area contributed by atoms with Crippen molar-refractivity contribution in [2.75, 3.05) is 18.2 Å². The zero-order chi connectivity index (χ0) is 16.8. The summed E-state index contributed by atoms with van der Waals surface area (Å²) in [6, 6.07) is 5.09. The summed E-state index contributed by atoms with van der Waals surface area (Å²) in [4.78, 5) is 12.9. The van der Waals surface area contributed by atoms with Gasteiger partial charge in [-0.05, 0) is 36.4 Å². The molecule has 0 spiro atoms. The van der Waals surface area contributed by atoms with Gasteiger partial charge in [0.25, 0.3) is 0 Å². The number of aryl methyl sites for hydroxylation is 1. The summed E-state index contributed by atoms with van der Waals surface area (Å²) < 4.78 is 6.70. The Bertz CT molecular complexity index is 687. The molecule has 2 rings (SSSR count). The highest BCUT2D eigenvalue weighted by atomic mass is 32.2. The maximum absolute atomic E-state index is 12.3. The van der Waals surface area contributed by atoms with Crippen LogP contribution in [0.25, 0.3) is 0 Å². The number of nitrogens with zero attached hydrogens (tertiary/aromatic N) is 3. The number of nitrogens with two attached hydrogens (primary N) is 2. The SMILES string of the molecule is CCCCOC(=O)c1cc(N)ccc1Sc1nnc(CC)n1N. The van der Waals surface area contributed by atoms with Crippen LogP contribution in [-0.4, -0.2) is 27.4 Å². The number of ether oxygens (including phenoxy) is 1. The highest BCUT2D eigenvalue weighted by Crippen LogP contribution is 2.30. The number of carbonyl (C=O) groups excluding carboxylic acids is 1. The number of rotatable bonds is 7. The van der Waals surface area contributed by atoms with Crippen LogP contribution in [0.15, 0.2) is 28.3 Å². The van der Waals surface area contributed by atoms with Crippen LogP contribution in [0.1, 0.15) is 42.9 Å². The van der Waals surface area contributed by atoms with Crippen LogP contribution in [-0.2, 0) is 11.2 Å². The number of aromatic nitrogens is 3. The van der Waals surface area contributed by atoms with E-state index in [1.165, 1.54) is 16.4 Å². The van der Waals surface area contributed by atoms with Crippen LogP contribution in [0.3, 0.4) is 0 Å². The van der Waals surface area contributed by atoms with E-state index in [0.717, 1.165) is 12.8 Å². The van der Waals surface area contributed by atoms with E-state index in [1.54, 1.807) is 18.2 Å². The average molecular weight is 335 g/mol. The second-order valence-corrected chi connectivity index (χ2v) is 5.98. The van der Waals surface area contributed by atoms with E-state index in [0.29, 0.717) is 40.2 Å². The first-order chi connectivity index (χ1) is 11.1. The molecule has 7 nitrogen and oxygen atoms in total. The van der Waals surface area contributed by atoms with E-state index in [4.69, 9.17) is 16.3 Å². The Morgan fingerprint density at radius 1 is 1.35 bits per heavy atom. The van der Waals surface area contributed by atoms with Crippen LogP contribution < -0.4 is 11.6 Å². The first-order valence-electron chi connectivity index (χ1n) is 7.50. The zero-order valence-corrected chi connectivity index (χ0v) is 14.1. The van der Waals surface area contributed by atoms with Gasteiger partial charge in [0.1, 0.15) is 0 Å².